The molecule has 4 aromatic rings. The first-order chi connectivity index (χ1) is 14.6. The molecule has 148 valence electrons. The Balaban J connectivity index is 1.37. The topological polar surface area (TPSA) is 82.3 Å². The molecule has 0 aliphatic rings. The second-order valence-electron chi connectivity index (χ2n) is 6.37. The van der Waals surface area contributed by atoms with Crippen LogP contribution in [0.3, 0.4) is 0 Å². The molecule has 0 bridgehead atoms. The molecular weight excluding hydrogens is 387 g/mol. The van der Waals surface area contributed by atoms with Gasteiger partial charge in [0.15, 0.2) is 12.4 Å². The molecule has 1 heterocycles. The molecule has 4 rings (SSSR count). The fourth-order valence-corrected chi connectivity index (χ4v) is 2.75. The zero-order chi connectivity index (χ0) is 20.9. The molecule has 30 heavy (non-hydrogen) atoms. The van der Waals surface area contributed by atoms with E-state index in [2.05, 4.69) is 10.1 Å². The molecule has 0 saturated heterocycles. The molecule has 0 unspecified atom stereocenters. The number of halogens is 1. The molecule has 0 amide bonds. The number of hydrogen-bond donors (Lipinski definition) is 0. The lowest BCUT2D eigenvalue weighted by molar-refractivity contribution is 0.0429. The molecule has 3 aromatic carbocycles. The summed E-state index contributed by atoms with van der Waals surface area (Å²) >= 11 is 0. The number of nitrogens with zero attached hydrogens (tertiary/aromatic N) is 2. The lowest BCUT2D eigenvalue weighted by atomic mass is 10.0. The van der Waals surface area contributed by atoms with Crippen LogP contribution >= 0.6 is 0 Å². The average Bonchev–Trinajstić information content (AvgIpc) is 3.27. The van der Waals surface area contributed by atoms with Crippen molar-refractivity contribution < 1.29 is 23.2 Å². The van der Waals surface area contributed by atoms with Gasteiger partial charge in [0.25, 0.3) is 5.89 Å². The van der Waals surface area contributed by atoms with Gasteiger partial charge in [0.2, 0.25) is 5.82 Å². The van der Waals surface area contributed by atoms with E-state index in [4.69, 9.17) is 9.26 Å². The Kier molecular flexibility index (Phi) is 5.43. The van der Waals surface area contributed by atoms with Crippen LogP contribution in [0.4, 0.5) is 4.39 Å². The summed E-state index contributed by atoms with van der Waals surface area (Å²) in [7, 11) is 0. The molecule has 0 fully saturated rings. The largest absolute Gasteiger partial charge is 0.452 e. The summed E-state index contributed by atoms with van der Waals surface area (Å²) in [6, 6.07) is 20.7. The van der Waals surface area contributed by atoms with E-state index in [1.165, 1.54) is 36.4 Å². The van der Waals surface area contributed by atoms with Crippen LogP contribution in [0.1, 0.15) is 32.2 Å². The predicted octanol–water partition coefficient (Wildman–Crippen LogP) is 4.46. The van der Waals surface area contributed by atoms with Gasteiger partial charge < -0.3 is 9.26 Å². The van der Waals surface area contributed by atoms with Gasteiger partial charge >= 0.3 is 5.97 Å². The van der Waals surface area contributed by atoms with Gasteiger partial charge in [-0.15, -0.1) is 0 Å². The minimum atomic E-state index is -0.588. The maximum atomic E-state index is 13.0. The van der Waals surface area contributed by atoms with Crippen LogP contribution in [-0.4, -0.2) is 21.9 Å². The first kappa shape index (κ1) is 19.2. The highest BCUT2D eigenvalue weighted by atomic mass is 19.1. The number of ether oxygens (including phenoxy) is 1. The van der Waals surface area contributed by atoms with E-state index >= 15 is 0 Å². The van der Waals surface area contributed by atoms with Gasteiger partial charge in [0.1, 0.15) is 5.82 Å². The van der Waals surface area contributed by atoms with Crippen molar-refractivity contribution in [3.05, 3.63) is 107 Å². The Hall–Kier alpha value is -4.13. The molecule has 7 heteroatoms. The lowest BCUT2D eigenvalue weighted by Crippen LogP contribution is -2.07. The Morgan fingerprint density at radius 2 is 1.47 bits per heavy atom. The van der Waals surface area contributed by atoms with Gasteiger partial charge in [0.05, 0.1) is 5.56 Å². The van der Waals surface area contributed by atoms with E-state index in [0.29, 0.717) is 16.7 Å². The number of rotatable bonds is 6. The SMILES string of the molecule is O=C(OCc1nc(-c2ccc(F)cc2)no1)c1ccc(C(=O)c2ccccc2)cc1. The third-order valence-corrected chi connectivity index (χ3v) is 4.32. The third-order valence-electron chi connectivity index (χ3n) is 4.32. The van der Waals surface area contributed by atoms with Crippen LogP contribution in [0.15, 0.2) is 83.4 Å². The van der Waals surface area contributed by atoms with Gasteiger partial charge in [-0.05, 0) is 36.4 Å². The zero-order valence-corrected chi connectivity index (χ0v) is 15.6. The number of esters is 1. The molecule has 0 saturated carbocycles. The predicted molar refractivity (Wildman–Crippen MR) is 105 cm³/mol. The molecule has 0 aliphatic heterocycles. The number of aromatic nitrogens is 2. The van der Waals surface area contributed by atoms with Gasteiger partial charge in [-0.2, -0.15) is 4.98 Å². The number of benzene rings is 3. The van der Waals surface area contributed by atoms with E-state index in [-0.39, 0.29) is 35.5 Å². The van der Waals surface area contributed by atoms with Crippen LogP contribution in [0.2, 0.25) is 0 Å². The van der Waals surface area contributed by atoms with Crippen LogP contribution in [0.25, 0.3) is 11.4 Å². The second kappa shape index (κ2) is 8.48. The second-order valence-corrected chi connectivity index (χ2v) is 6.37. The van der Waals surface area contributed by atoms with E-state index in [9.17, 15) is 14.0 Å². The summed E-state index contributed by atoms with van der Waals surface area (Å²) in [5.74, 6) is -0.707. The summed E-state index contributed by atoms with van der Waals surface area (Å²) in [6.07, 6.45) is 0. The monoisotopic (exact) mass is 402 g/mol. The maximum Gasteiger partial charge on any atom is 0.338 e. The van der Waals surface area contributed by atoms with Crippen molar-refractivity contribution in [1.82, 2.24) is 10.1 Å². The minimum absolute atomic E-state index is 0.110. The van der Waals surface area contributed by atoms with Crippen molar-refractivity contribution in [3.63, 3.8) is 0 Å². The Labute approximate surface area is 170 Å². The summed E-state index contributed by atoms with van der Waals surface area (Å²) < 4.78 is 23.2. The van der Waals surface area contributed by atoms with Crippen molar-refractivity contribution in [1.29, 1.82) is 0 Å². The third kappa shape index (κ3) is 4.30. The quantitative estimate of drug-likeness (QED) is 0.350. The highest BCUT2D eigenvalue weighted by Gasteiger charge is 2.14. The number of hydrogen-bond acceptors (Lipinski definition) is 6. The zero-order valence-electron chi connectivity index (χ0n) is 15.6. The summed E-state index contributed by atoms with van der Waals surface area (Å²) in [6.45, 7) is -0.211. The molecule has 6 nitrogen and oxygen atoms in total. The maximum absolute atomic E-state index is 13.0. The Morgan fingerprint density at radius 1 is 0.833 bits per heavy atom. The van der Waals surface area contributed by atoms with Crippen molar-refractivity contribution in [3.8, 4) is 11.4 Å². The average molecular weight is 402 g/mol. The van der Waals surface area contributed by atoms with Gasteiger partial charge in [-0.1, -0.05) is 47.6 Å². The van der Waals surface area contributed by atoms with Gasteiger partial charge in [-0.25, -0.2) is 9.18 Å². The molecular formula is C23H15FN2O4. The van der Waals surface area contributed by atoms with Crippen molar-refractivity contribution >= 4 is 11.8 Å². The summed E-state index contributed by atoms with van der Waals surface area (Å²) in [4.78, 5) is 28.8. The van der Waals surface area contributed by atoms with Crippen LogP contribution in [-0.2, 0) is 11.3 Å². The number of carbonyl (C=O) groups is 2. The lowest BCUT2D eigenvalue weighted by Gasteiger charge is -2.04. The van der Waals surface area contributed by atoms with Crippen molar-refractivity contribution in [2.24, 2.45) is 0 Å². The van der Waals surface area contributed by atoms with Crippen LogP contribution in [0.5, 0.6) is 0 Å². The van der Waals surface area contributed by atoms with Crippen LogP contribution < -0.4 is 0 Å². The molecule has 0 radical (unpaired) electrons. The van der Waals surface area contributed by atoms with E-state index < -0.39 is 5.97 Å². The van der Waals surface area contributed by atoms with Crippen molar-refractivity contribution in [2.75, 3.05) is 0 Å². The van der Waals surface area contributed by atoms with Crippen LogP contribution in [0, 0.1) is 5.82 Å². The summed E-state index contributed by atoms with van der Waals surface area (Å²) in [5, 5.41) is 3.79. The molecule has 0 atom stereocenters. The van der Waals surface area contributed by atoms with E-state index in [1.54, 1.807) is 36.4 Å². The fraction of sp³-hybridized carbons (Fsp3) is 0.0435. The molecule has 0 spiro atoms. The smallest absolute Gasteiger partial charge is 0.338 e. The molecule has 0 N–H and O–H groups in total. The molecule has 1 aromatic heterocycles. The number of ketones is 1. The fourth-order valence-electron chi connectivity index (χ4n) is 2.75. The van der Waals surface area contributed by atoms with Crippen molar-refractivity contribution in [2.45, 2.75) is 6.61 Å². The summed E-state index contributed by atoms with van der Waals surface area (Å²) in [5.41, 5.74) is 1.91. The highest BCUT2D eigenvalue weighted by Crippen LogP contribution is 2.17. The van der Waals surface area contributed by atoms with Gasteiger partial charge in [-0.3, -0.25) is 4.79 Å². The molecule has 0 aliphatic carbocycles. The highest BCUT2D eigenvalue weighted by molar-refractivity contribution is 6.09. The van der Waals surface area contributed by atoms with E-state index in [1.807, 2.05) is 6.07 Å². The first-order valence-electron chi connectivity index (χ1n) is 9.05. The van der Waals surface area contributed by atoms with E-state index in [0.717, 1.165) is 0 Å². The normalized spacial score (nSPS) is 10.6. The van der Waals surface area contributed by atoms with Gasteiger partial charge in [0, 0.05) is 16.7 Å². The minimum Gasteiger partial charge on any atom is -0.452 e. The first-order valence-corrected chi connectivity index (χ1v) is 9.05. The Bertz CT molecular complexity index is 1170. The Morgan fingerprint density at radius 3 is 2.17 bits per heavy atom. The number of carbonyl (C=O) groups excluding carboxylic acids is 2. The standard InChI is InChI=1S/C23H15FN2O4/c24-19-12-10-17(11-13-19)22-25-20(30-26-22)14-29-23(28)18-8-6-16(7-9-18)21(27)15-4-2-1-3-5-15/h1-13H,14H2.